The molecule has 2 aliphatic carbocycles. The summed E-state index contributed by atoms with van der Waals surface area (Å²) in [6.45, 7) is 4.64. The van der Waals surface area contributed by atoms with Crippen LogP contribution in [0.1, 0.15) is 47.2 Å². The summed E-state index contributed by atoms with van der Waals surface area (Å²) < 4.78 is 7.03. The van der Waals surface area contributed by atoms with E-state index in [1.54, 1.807) is 0 Å². The van der Waals surface area contributed by atoms with Gasteiger partial charge in [0.2, 0.25) is 0 Å². The molecule has 11 rings (SSSR count). The Labute approximate surface area is 309 Å². The van der Waals surface area contributed by atoms with Crippen LogP contribution in [-0.2, 0) is 10.8 Å². The van der Waals surface area contributed by atoms with Crippen LogP contribution in [0.25, 0.3) is 56.2 Å². The van der Waals surface area contributed by atoms with Crippen LogP contribution in [-0.4, -0.2) is 9.97 Å². The quantitative estimate of drug-likeness (QED) is 0.187. The minimum absolute atomic E-state index is 0.123. The summed E-state index contributed by atoms with van der Waals surface area (Å²) >= 11 is 0. The van der Waals surface area contributed by atoms with Gasteiger partial charge in [0.1, 0.15) is 11.5 Å². The van der Waals surface area contributed by atoms with Gasteiger partial charge in [-0.2, -0.15) is 0 Å². The first kappa shape index (κ1) is 30.1. The fraction of sp³-hybridized carbons (Fsp3) is 0.0800. The smallest absolute Gasteiger partial charge is 0.160 e. The molecule has 8 aromatic rings. The highest BCUT2D eigenvalue weighted by Gasteiger charge is 2.51. The average Bonchev–Trinajstić information content (AvgIpc) is 3.63. The second-order valence-corrected chi connectivity index (χ2v) is 14.9. The van der Waals surface area contributed by atoms with Gasteiger partial charge in [-0.15, -0.1) is 0 Å². The molecule has 1 spiro atoms. The highest BCUT2D eigenvalue weighted by molar-refractivity contribution is 5.91. The van der Waals surface area contributed by atoms with Gasteiger partial charge in [-0.25, -0.2) is 9.97 Å². The Morgan fingerprint density at radius 1 is 0.396 bits per heavy atom. The van der Waals surface area contributed by atoms with E-state index in [9.17, 15) is 0 Å². The van der Waals surface area contributed by atoms with Gasteiger partial charge < -0.3 is 4.74 Å². The maximum Gasteiger partial charge on any atom is 0.160 e. The predicted octanol–water partition coefficient (Wildman–Crippen LogP) is 12.3. The molecule has 0 radical (unpaired) electrons. The highest BCUT2D eigenvalue weighted by Crippen LogP contribution is 2.63. The molecule has 2 heterocycles. The van der Waals surface area contributed by atoms with E-state index in [0.717, 1.165) is 50.7 Å². The monoisotopic (exact) mass is 678 g/mol. The number of aromatic nitrogens is 2. The number of para-hydroxylation sites is 2. The largest absolute Gasteiger partial charge is 0.456 e. The Bertz CT molecular complexity index is 2750. The van der Waals surface area contributed by atoms with E-state index in [0.29, 0.717) is 5.82 Å². The van der Waals surface area contributed by atoms with Crippen molar-refractivity contribution in [2.24, 2.45) is 0 Å². The molecule has 7 aromatic carbocycles. The fourth-order valence-corrected chi connectivity index (χ4v) is 9.39. The molecule has 0 unspecified atom stereocenters. The molecule has 250 valence electrons. The average molecular weight is 679 g/mol. The molecule has 1 aromatic heterocycles. The zero-order chi connectivity index (χ0) is 35.3. The number of ether oxygens (including phenoxy) is 1. The van der Waals surface area contributed by atoms with Crippen molar-refractivity contribution < 1.29 is 4.74 Å². The first-order chi connectivity index (χ1) is 26.0. The van der Waals surface area contributed by atoms with Crippen LogP contribution in [0.2, 0.25) is 0 Å². The third-order valence-electron chi connectivity index (χ3n) is 11.8. The van der Waals surface area contributed by atoms with Gasteiger partial charge in [0, 0.05) is 33.2 Å². The normalized spacial score (nSPS) is 14.7. The van der Waals surface area contributed by atoms with E-state index >= 15 is 0 Å². The van der Waals surface area contributed by atoms with E-state index in [2.05, 4.69) is 166 Å². The first-order valence-corrected chi connectivity index (χ1v) is 18.3. The van der Waals surface area contributed by atoms with Gasteiger partial charge in [-0.3, -0.25) is 0 Å². The van der Waals surface area contributed by atoms with Crippen molar-refractivity contribution in [3.05, 3.63) is 203 Å². The molecule has 3 aliphatic rings. The van der Waals surface area contributed by atoms with E-state index < -0.39 is 5.41 Å². The number of benzene rings is 7. The van der Waals surface area contributed by atoms with Gasteiger partial charge in [-0.1, -0.05) is 159 Å². The van der Waals surface area contributed by atoms with Gasteiger partial charge in [0.15, 0.2) is 5.82 Å². The Kier molecular flexibility index (Phi) is 6.22. The molecule has 53 heavy (non-hydrogen) atoms. The minimum Gasteiger partial charge on any atom is -0.456 e. The third kappa shape index (κ3) is 4.11. The van der Waals surface area contributed by atoms with Crippen molar-refractivity contribution in [3.8, 4) is 67.7 Å². The SMILES string of the molecule is CC1(C)c2ccccc2-c2ccc(-c3cc(-c4cccc5c4Oc4ccccc4C54c5ccccc5-c5ccccc54)nc(-c4ccccc4)n3)cc21. The van der Waals surface area contributed by atoms with Crippen molar-refractivity contribution in [2.75, 3.05) is 0 Å². The number of rotatable bonds is 3. The zero-order valence-electron chi connectivity index (χ0n) is 29.5. The second kappa shape index (κ2) is 11.0. The van der Waals surface area contributed by atoms with Crippen LogP contribution in [0.5, 0.6) is 11.5 Å². The summed E-state index contributed by atoms with van der Waals surface area (Å²) in [5.74, 6) is 2.37. The molecule has 1 aliphatic heterocycles. The summed E-state index contributed by atoms with van der Waals surface area (Å²) in [5.41, 5.74) is 16.6. The maximum absolute atomic E-state index is 7.03. The van der Waals surface area contributed by atoms with Crippen molar-refractivity contribution in [3.63, 3.8) is 0 Å². The van der Waals surface area contributed by atoms with E-state index in [-0.39, 0.29) is 5.41 Å². The molecular weight excluding hydrogens is 645 g/mol. The number of hydrogen-bond donors (Lipinski definition) is 0. The molecule has 0 N–H and O–H groups in total. The first-order valence-electron chi connectivity index (χ1n) is 18.3. The molecule has 3 nitrogen and oxygen atoms in total. The van der Waals surface area contributed by atoms with Crippen LogP contribution in [0.3, 0.4) is 0 Å². The topological polar surface area (TPSA) is 35.0 Å². The Balaban J connectivity index is 1.16. The van der Waals surface area contributed by atoms with Crippen LogP contribution >= 0.6 is 0 Å². The lowest BCUT2D eigenvalue weighted by atomic mass is 9.65. The van der Waals surface area contributed by atoms with Gasteiger partial charge in [0.25, 0.3) is 0 Å². The lowest BCUT2D eigenvalue weighted by molar-refractivity contribution is 0.438. The molecular formula is C50H34N2O. The summed E-state index contributed by atoms with van der Waals surface area (Å²) in [6, 6.07) is 60.8. The lowest BCUT2D eigenvalue weighted by Crippen LogP contribution is -2.32. The van der Waals surface area contributed by atoms with E-state index in [1.165, 1.54) is 44.5 Å². The van der Waals surface area contributed by atoms with Crippen LogP contribution in [0, 0.1) is 0 Å². The van der Waals surface area contributed by atoms with Crippen LogP contribution in [0.4, 0.5) is 0 Å². The highest BCUT2D eigenvalue weighted by atomic mass is 16.5. The van der Waals surface area contributed by atoms with Crippen molar-refractivity contribution in [2.45, 2.75) is 24.7 Å². The predicted molar refractivity (Wildman–Crippen MR) is 213 cm³/mol. The molecule has 3 heteroatoms. The molecule has 0 fully saturated rings. The summed E-state index contributed by atoms with van der Waals surface area (Å²) in [5, 5.41) is 0. The Morgan fingerprint density at radius 3 is 1.68 bits per heavy atom. The zero-order valence-corrected chi connectivity index (χ0v) is 29.5. The maximum atomic E-state index is 7.03. The standard InChI is InChI=1S/C50H34N2O/c1-49(2)38-21-9-6-17-33(38)36-28-27-32(29-43(36)49)44-30-45(52-48(51-44)31-15-4-3-5-16-31)37-20-14-25-42-47(37)53-46-26-13-12-24-41(46)50(42)39-22-10-7-18-34(39)35-19-8-11-23-40(35)50/h3-30H,1-2H3. The second-order valence-electron chi connectivity index (χ2n) is 14.9. The van der Waals surface area contributed by atoms with Crippen LogP contribution in [0.15, 0.2) is 170 Å². The molecule has 0 saturated heterocycles. The molecule has 0 atom stereocenters. The number of nitrogens with zero attached hydrogens (tertiary/aromatic N) is 2. The molecule has 0 amide bonds. The number of fused-ring (bicyclic) bond motifs is 12. The Hall–Kier alpha value is -6.58. The summed E-state index contributed by atoms with van der Waals surface area (Å²) in [4.78, 5) is 10.6. The minimum atomic E-state index is -0.550. The molecule has 0 bridgehead atoms. The summed E-state index contributed by atoms with van der Waals surface area (Å²) in [7, 11) is 0. The van der Waals surface area contributed by atoms with Crippen molar-refractivity contribution >= 4 is 0 Å². The van der Waals surface area contributed by atoms with Gasteiger partial charge in [-0.05, 0) is 68.8 Å². The third-order valence-corrected chi connectivity index (χ3v) is 11.8. The van der Waals surface area contributed by atoms with Crippen molar-refractivity contribution in [1.29, 1.82) is 0 Å². The van der Waals surface area contributed by atoms with Gasteiger partial charge in [0.05, 0.1) is 16.8 Å². The van der Waals surface area contributed by atoms with Gasteiger partial charge >= 0.3 is 0 Å². The van der Waals surface area contributed by atoms with E-state index in [1.807, 2.05) is 18.2 Å². The van der Waals surface area contributed by atoms with Crippen LogP contribution < -0.4 is 4.74 Å². The van der Waals surface area contributed by atoms with E-state index in [4.69, 9.17) is 14.7 Å². The number of hydrogen-bond acceptors (Lipinski definition) is 3. The van der Waals surface area contributed by atoms with Crippen molar-refractivity contribution in [1.82, 2.24) is 9.97 Å². The molecule has 0 saturated carbocycles. The Morgan fingerprint density at radius 2 is 0.943 bits per heavy atom. The summed E-state index contributed by atoms with van der Waals surface area (Å²) in [6.07, 6.45) is 0. The fourth-order valence-electron chi connectivity index (χ4n) is 9.39. The lowest BCUT2D eigenvalue weighted by Gasteiger charge is -2.40.